The van der Waals surface area contributed by atoms with Gasteiger partial charge in [0, 0.05) is 23.9 Å². The molecule has 3 aromatic rings. The molecule has 0 aliphatic carbocycles. The second-order valence-electron chi connectivity index (χ2n) is 6.02. The molecule has 6 nitrogen and oxygen atoms in total. The van der Waals surface area contributed by atoms with Gasteiger partial charge in [-0.3, -0.25) is 0 Å². The van der Waals surface area contributed by atoms with Crippen molar-refractivity contribution in [1.82, 2.24) is 15.3 Å². The van der Waals surface area contributed by atoms with E-state index in [0.29, 0.717) is 30.4 Å². The molecule has 0 bridgehead atoms. The number of hydrogen-bond acceptors (Lipinski definition) is 6. The van der Waals surface area contributed by atoms with Crippen LogP contribution in [0.4, 0.5) is 24.7 Å². The predicted molar refractivity (Wildman–Crippen MR) is 108 cm³/mol. The van der Waals surface area contributed by atoms with Gasteiger partial charge in [-0.05, 0) is 54.7 Å². The molecule has 0 spiro atoms. The Hall–Kier alpha value is -3.75. The van der Waals surface area contributed by atoms with Crippen LogP contribution in [-0.2, 0) is 0 Å². The van der Waals surface area contributed by atoms with Crippen LogP contribution in [0.5, 0.6) is 11.5 Å². The van der Waals surface area contributed by atoms with E-state index in [0.717, 1.165) is 11.3 Å². The highest BCUT2D eigenvalue weighted by Gasteiger charge is 2.30. The van der Waals surface area contributed by atoms with Crippen molar-refractivity contribution in [3.63, 3.8) is 0 Å². The number of aromatic nitrogens is 2. The molecule has 2 aromatic carbocycles. The highest BCUT2D eigenvalue weighted by molar-refractivity contribution is 5.66. The van der Waals surface area contributed by atoms with Crippen LogP contribution >= 0.6 is 0 Å². The zero-order valence-electron chi connectivity index (χ0n) is 15.8. The summed E-state index contributed by atoms with van der Waals surface area (Å²) in [5.41, 5.74) is 2.11. The van der Waals surface area contributed by atoms with Gasteiger partial charge in [0.05, 0.1) is 5.69 Å². The molecule has 1 heterocycles. The van der Waals surface area contributed by atoms with Gasteiger partial charge in [-0.15, -0.1) is 13.2 Å². The third-order valence-corrected chi connectivity index (χ3v) is 3.84. The summed E-state index contributed by atoms with van der Waals surface area (Å²) < 4.78 is 46.2. The zero-order chi connectivity index (χ0) is 21.4. The molecule has 0 aliphatic heterocycles. The smallest absolute Gasteiger partial charge is 0.492 e. The number of rotatable bonds is 9. The predicted octanol–water partition coefficient (Wildman–Crippen LogP) is 4.90. The van der Waals surface area contributed by atoms with E-state index in [2.05, 4.69) is 31.9 Å². The van der Waals surface area contributed by atoms with E-state index in [9.17, 15) is 13.2 Å². The minimum absolute atomic E-state index is 0.293. The van der Waals surface area contributed by atoms with E-state index in [-0.39, 0.29) is 5.75 Å². The molecule has 0 radical (unpaired) electrons. The van der Waals surface area contributed by atoms with E-state index in [1.807, 2.05) is 24.3 Å². The number of nitrogens with zero attached hydrogens (tertiary/aromatic N) is 2. The Morgan fingerprint density at radius 3 is 2.33 bits per heavy atom. The molecule has 0 unspecified atom stereocenters. The van der Waals surface area contributed by atoms with Gasteiger partial charge < -0.3 is 20.1 Å². The molecule has 2 N–H and O–H groups in total. The number of alkyl halides is 3. The first-order valence-corrected chi connectivity index (χ1v) is 8.95. The molecule has 0 saturated carbocycles. The van der Waals surface area contributed by atoms with E-state index in [4.69, 9.17) is 4.74 Å². The first-order valence-electron chi connectivity index (χ1n) is 8.95. The van der Waals surface area contributed by atoms with Gasteiger partial charge in [0.25, 0.3) is 0 Å². The molecule has 30 heavy (non-hydrogen) atoms. The molecular weight excluding hydrogens is 397 g/mol. The summed E-state index contributed by atoms with van der Waals surface area (Å²) in [4.78, 5) is 8.41. The maximum absolute atomic E-state index is 12.2. The van der Waals surface area contributed by atoms with Crippen molar-refractivity contribution in [3.8, 4) is 22.8 Å². The Balaban J connectivity index is 1.64. The average Bonchev–Trinajstić information content (AvgIpc) is 2.72. The van der Waals surface area contributed by atoms with Crippen molar-refractivity contribution in [2.24, 2.45) is 0 Å². The van der Waals surface area contributed by atoms with Crippen LogP contribution in [0.2, 0.25) is 0 Å². The third-order valence-electron chi connectivity index (χ3n) is 3.84. The summed E-state index contributed by atoms with van der Waals surface area (Å²) in [6.07, 6.45) is -1.71. The lowest BCUT2D eigenvalue weighted by Crippen LogP contribution is -2.16. The number of halogens is 3. The van der Waals surface area contributed by atoms with Crippen molar-refractivity contribution in [1.29, 1.82) is 0 Å². The Kier molecular flexibility index (Phi) is 6.74. The SMILES string of the molecule is C=CNCCOc1ccc(-c2cc(Nc3ccc(OC(F)(F)F)cc3)ncn2)cc1. The van der Waals surface area contributed by atoms with Gasteiger partial charge in [0.2, 0.25) is 0 Å². The Bertz CT molecular complexity index is 961. The molecular formula is C21H19F3N4O2. The number of nitrogens with one attached hydrogen (secondary N) is 2. The van der Waals surface area contributed by atoms with Crippen molar-refractivity contribution in [2.45, 2.75) is 6.36 Å². The quantitative estimate of drug-likeness (QED) is 0.484. The van der Waals surface area contributed by atoms with Crippen LogP contribution in [0.25, 0.3) is 11.3 Å². The molecule has 156 valence electrons. The van der Waals surface area contributed by atoms with Gasteiger partial charge >= 0.3 is 6.36 Å². The molecule has 0 saturated heterocycles. The number of ether oxygens (including phenoxy) is 2. The van der Waals surface area contributed by atoms with E-state index in [1.54, 1.807) is 12.3 Å². The van der Waals surface area contributed by atoms with Crippen LogP contribution < -0.4 is 20.1 Å². The second-order valence-corrected chi connectivity index (χ2v) is 6.02. The summed E-state index contributed by atoms with van der Waals surface area (Å²) in [5.74, 6) is 0.942. The largest absolute Gasteiger partial charge is 0.573 e. The van der Waals surface area contributed by atoms with Crippen molar-refractivity contribution in [2.75, 3.05) is 18.5 Å². The summed E-state index contributed by atoms with van der Waals surface area (Å²) in [5, 5.41) is 5.98. The zero-order valence-corrected chi connectivity index (χ0v) is 15.8. The van der Waals surface area contributed by atoms with E-state index < -0.39 is 6.36 Å². The summed E-state index contributed by atoms with van der Waals surface area (Å²) in [7, 11) is 0. The molecule has 9 heteroatoms. The molecule has 1 aromatic heterocycles. The van der Waals surface area contributed by atoms with Crippen LogP contribution in [-0.4, -0.2) is 29.5 Å². The van der Waals surface area contributed by atoms with Crippen LogP contribution in [0.3, 0.4) is 0 Å². The lowest BCUT2D eigenvalue weighted by atomic mass is 10.1. The van der Waals surface area contributed by atoms with Gasteiger partial charge in [-0.2, -0.15) is 0 Å². The topological polar surface area (TPSA) is 68.3 Å². The van der Waals surface area contributed by atoms with Crippen LogP contribution in [0, 0.1) is 0 Å². The fraction of sp³-hybridized carbons (Fsp3) is 0.143. The number of benzene rings is 2. The minimum Gasteiger partial charge on any atom is -0.492 e. The van der Waals surface area contributed by atoms with Crippen molar-refractivity contribution < 1.29 is 22.6 Å². The molecule has 0 amide bonds. The third kappa shape index (κ3) is 6.40. The summed E-state index contributed by atoms with van der Waals surface area (Å²) in [6.45, 7) is 4.75. The van der Waals surface area contributed by atoms with Gasteiger partial charge in [0.15, 0.2) is 0 Å². The number of hydrogen-bond donors (Lipinski definition) is 2. The highest BCUT2D eigenvalue weighted by atomic mass is 19.4. The molecule has 3 rings (SSSR count). The van der Waals surface area contributed by atoms with Gasteiger partial charge in [-0.25, -0.2) is 9.97 Å². The summed E-state index contributed by atoms with van der Waals surface area (Å²) in [6, 6.07) is 14.6. The summed E-state index contributed by atoms with van der Waals surface area (Å²) >= 11 is 0. The monoisotopic (exact) mass is 416 g/mol. The Morgan fingerprint density at radius 1 is 0.967 bits per heavy atom. The van der Waals surface area contributed by atoms with Gasteiger partial charge in [0.1, 0.15) is 30.3 Å². The van der Waals surface area contributed by atoms with Crippen LogP contribution in [0.1, 0.15) is 0 Å². The van der Waals surface area contributed by atoms with Crippen LogP contribution in [0.15, 0.2) is 73.7 Å². The lowest BCUT2D eigenvalue weighted by molar-refractivity contribution is -0.274. The number of anilines is 2. The average molecular weight is 416 g/mol. The molecule has 0 fully saturated rings. The van der Waals surface area contributed by atoms with E-state index in [1.165, 1.54) is 30.6 Å². The standard InChI is InChI=1S/C21H19F3N4O2/c1-2-25-11-12-29-17-7-3-15(4-8-17)19-13-20(27-14-26-19)28-16-5-9-18(10-6-16)30-21(22,23)24/h2-10,13-14,25H,1,11-12H2,(H,26,27,28). The normalized spacial score (nSPS) is 10.9. The first kappa shape index (κ1) is 21.0. The van der Waals surface area contributed by atoms with Crippen molar-refractivity contribution >= 4 is 11.5 Å². The van der Waals surface area contributed by atoms with Gasteiger partial charge in [-0.1, -0.05) is 6.58 Å². The maximum atomic E-state index is 12.2. The lowest BCUT2D eigenvalue weighted by Gasteiger charge is -2.11. The Morgan fingerprint density at radius 2 is 1.67 bits per heavy atom. The van der Waals surface area contributed by atoms with E-state index >= 15 is 0 Å². The fourth-order valence-corrected chi connectivity index (χ4v) is 2.52. The minimum atomic E-state index is -4.72. The first-order chi connectivity index (χ1) is 14.4. The second kappa shape index (κ2) is 9.64. The highest BCUT2D eigenvalue weighted by Crippen LogP contribution is 2.26. The molecule has 0 aliphatic rings. The maximum Gasteiger partial charge on any atom is 0.573 e. The molecule has 0 atom stereocenters. The fourth-order valence-electron chi connectivity index (χ4n) is 2.52. The van der Waals surface area contributed by atoms with Crippen molar-refractivity contribution in [3.05, 3.63) is 73.7 Å². The Labute approximate surface area is 171 Å².